The topological polar surface area (TPSA) is 46.3 Å². The van der Waals surface area contributed by atoms with Crippen LogP contribution in [0.3, 0.4) is 0 Å². The van der Waals surface area contributed by atoms with Gasteiger partial charge in [0, 0.05) is 13.1 Å². The Balaban J connectivity index is 1.64. The minimum Gasteiger partial charge on any atom is -0.341 e. The maximum Gasteiger partial charge on any atom is 0.242 e. The number of carbonyl (C=O) groups is 1. The molecule has 1 heterocycles. The summed E-state index contributed by atoms with van der Waals surface area (Å²) >= 11 is 0. The number of nitrogens with zero attached hydrogens (tertiary/aromatic N) is 1. The maximum atomic E-state index is 12.6. The normalized spacial score (nSPS) is 35.8. The van der Waals surface area contributed by atoms with E-state index in [2.05, 4.69) is 4.90 Å². The fraction of sp³-hybridized carbons (Fsp3) is 0.933. The van der Waals surface area contributed by atoms with Gasteiger partial charge in [0.05, 0.1) is 5.54 Å². The predicted molar refractivity (Wildman–Crippen MR) is 72.0 cm³/mol. The highest BCUT2D eigenvalue weighted by Gasteiger charge is 2.47. The molecule has 0 bridgehead atoms. The highest BCUT2D eigenvalue weighted by Crippen LogP contribution is 2.41. The molecule has 1 aliphatic heterocycles. The van der Waals surface area contributed by atoms with E-state index in [1.54, 1.807) is 0 Å². The van der Waals surface area contributed by atoms with Gasteiger partial charge in [0.2, 0.25) is 5.91 Å². The van der Waals surface area contributed by atoms with Crippen molar-refractivity contribution in [2.75, 3.05) is 13.1 Å². The van der Waals surface area contributed by atoms with Gasteiger partial charge in [-0.05, 0) is 50.4 Å². The van der Waals surface area contributed by atoms with Gasteiger partial charge in [0.25, 0.3) is 0 Å². The summed E-state index contributed by atoms with van der Waals surface area (Å²) in [5.41, 5.74) is 5.68. The van der Waals surface area contributed by atoms with Gasteiger partial charge in [-0.25, -0.2) is 0 Å². The first-order valence-electron chi connectivity index (χ1n) is 7.67. The molecule has 2 saturated carbocycles. The molecule has 2 N–H and O–H groups in total. The standard InChI is InChI=1S/C15H26N2O/c1-15(16,13-6-7-13)14(18)17-9-8-11-4-2-3-5-12(11)10-17/h11-13H,2-10,16H2,1H3. The maximum absolute atomic E-state index is 12.6. The third kappa shape index (κ3) is 2.18. The number of hydrogen-bond acceptors (Lipinski definition) is 2. The Morgan fingerprint density at radius 3 is 2.44 bits per heavy atom. The van der Waals surface area contributed by atoms with Gasteiger partial charge >= 0.3 is 0 Å². The largest absolute Gasteiger partial charge is 0.341 e. The van der Waals surface area contributed by atoms with Gasteiger partial charge in [-0.1, -0.05) is 19.3 Å². The van der Waals surface area contributed by atoms with Crippen molar-refractivity contribution < 1.29 is 4.79 Å². The van der Waals surface area contributed by atoms with E-state index in [4.69, 9.17) is 5.73 Å². The molecule has 1 saturated heterocycles. The summed E-state index contributed by atoms with van der Waals surface area (Å²) in [5, 5.41) is 0. The second-order valence-electron chi connectivity index (χ2n) is 6.90. The number of fused-ring (bicyclic) bond motifs is 1. The fourth-order valence-electron chi connectivity index (χ4n) is 3.98. The molecule has 1 amide bonds. The molecule has 0 spiro atoms. The van der Waals surface area contributed by atoms with E-state index < -0.39 is 5.54 Å². The van der Waals surface area contributed by atoms with Crippen molar-refractivity contribution in [3.63, 3.8) is 0 Å². The summed E-state index contributed by atoms with van der Waals surface area (Å²) in [5.74, 6) is 2.29. The van der Waals surface area contributed by atoms with E-state index >= 15 is 0 Å². The van der Waals surface area contributed by atoms with Crippen LogP contribution in [0.2, 0.25) is 0 Å². The molecule has 0 radical (unpaired) electrons. The van der Waals surface area contributed by atoms with Gasteiger partial charge in [-0.15, -0.1) is 0 Å². The molecule has 3 nitrogen and oxygen atoms in total. The van der Waals surface area contributed by atoms with Crippen LogP contribution in [-0.4, -0.2) is 29.4 Å². The van der Waals surface area contributed by atoms with Gasteiger partial charge in [0.15, 0.2) is 0 Å². The molecule has 0 aromatic heterocycles. The van der Waals surface area contributed by atoms with Crippen molar-refractivity contribution >= 4 is 5.91 Å². The molecule has 2 aliphatic carbocycles. The molecular formula is C15H26N2O. The number of hydrogen-bond donors (Lipinski definition) is 1. The van der Waals surface area contributed by atoms with Crippen LogP contribution in [0, 0.1) is 17.8 Å². The Morgan fingerprint density at radius 2 is 1.78 bits per heavy atom. The summed E-state index contributed by atoms with van der Waals surface area (Å²) in [7, 11) is 0. The number of rotatable bonds is 2. The van der Waals surface area contributed by atoms with Crippen molar-refractivity contribution in [3.8, 4) is 0 Å². The lowest BCUT2D eigenvalue weighted by atomic mass is 9.75. The molecule has 3 fully saturated rings. The summed E-state index contributed by atoms with van der Waals surface area (Å²) in [6.45, 7) is 3.86. The number of carbonyl (C=O) groups excluding carboxylic acids is 1. The smallest absolute Gasteiger partial charge is 0.242 e. The zero-order valence-electron chi connectivity index (χ0n) is 11.5. The quantitative estimate of drug-likeness (QED) is 0.816. The Morgan fingerprint density at radius 1 is 1.11 bits per heavy atom. The first-order chi connectivity index (χ1) is 8.59. The van der Waals surface area contributed by atoms with Crippen molar-refractivity contribution in [1.29, 1.82) is 0 Å². The van der Waals surface area contributed by atoms with Crippen LogP contribution in [0.4, 0.5) is 0 Å². The molecular weight excluding hydrogens is 224 g/mol. The minimum absolute atomic E-state index is 0.217. The third-order valence-electron chi connectivity index (χ3n) is 5.46. The average molecular weight is 250 g/mol. The number of amides is 1. The Bertz CT molecular complexity index is 335. The lowest BCUT2D eigenvalue weighted by Gasteiger charge is -2.43. The molecule has 3 atom stereocenters. The molecule has 0 aromatic rings. The zero-order valence-corrected chi connectivity index (χ0v) is 11.5. The van der Waals surface area contributed by atoms with E-state index in [1.807, 2.05) is 6.92 Å². The van der Waals surface area contributed by atoms with Gasteiger partial charge in [-0.2, -0.15) is 0 Å². The second-order valence-corrected chi connectivity index (χ2v) is 6.90. The van der Waals surface area contributed by atoms with Crippen molar-refractivity contribution in [2.45, 2.75) is 57.4 Å². The summed E-state index contributed by atoms with van der Waals surface area (Å²) < 4.78 is 0. The van der Waals surface area contributed by atoms with Crippen molar-refractivity contribution in [3.05, 3.63) is 0 Å². The second kappa shape index (κ2) is 4.52. The van der Waals surface area contributed by atoms with Crippen molar-refractivity contribution in [2.24, 2.45) is 23.5 Å². The molecule has 0 aromatic carbocycles. The summed E-state index contributed by atoms with van der Waals surface area (Å²) in [6.07, 6.45) is 8.93. The van der Waals surface area contributed by atoms with E-state index in [0.717, 1.165) is 37.8 Å². The van der Waals surface area contributed by atoms with Crippen LogP contribution >= 0.6 is 0 Å². The first kappa shape index (κ1) is 12.5. The number of piperidine rings is 1. The predicted octanol–water partition coefficient (Wildman–Crippen LogP) is 2.15. The van der Waals surface area contributed by atoms with Crippen LogP contribution in [-0.2, 0) is 4.79 Å². The van der Waals surface area contributed by atoms with Gasteiger partial charge in [0.1, 0.15) is 0 Å². The fourth-order valence-corrected chi connectivity index (χ4v) is 3.98. The van der Waals surface area contributed by atoms with E-state index in [1.165, 1.54) is 32.1 Å². The Kier molecular flexibility index (Phi) is 3.13. The summed E-state index contributed by atoms with van der Waals surface area (Å²) in [6, 6.07) is 0. The number of likely N-dealkylation sites (tertiary alicyclic amines) is 1. The summed E-state index contributed by atoms with van der Waals surface area (Å²) in [4.78, 5) is 14.7. The van der Waals surface area contributed by atoms with Crippen LogP contribution in [0.15, 0.2) is 0 Å². The lowest BCUT2D eigenvalue weighted by molar-refractivity contribution is -0.140. The molecule has 3 unspecified atom stereocenters. The SMILES string of the molecule is CC(N)(C(=O)N1CCC2CCCCC2C1)C1CC1. The monoisotopic (exact) mass is 250 g/mol. The third-order valence-corrected chi connectivity index (χ3v) is 5.46. The molecule has 3 rings (SSSR count). The van der Waals surface area contributed by atoms with Crippen LogP contribution in [0.5, 0.6) is 0 Å². The van der Waals surface area contributed by atoms with E-state index in [9.17, 15) is 4.79 Å². The number of nitrogens with two attached hydrogens (primary N) is 1. The van der Waals surface area contributed by atoms with Gasteiger partial charge in [-0.3, -0.25) is 4.79 Å². The van der Waals surface area contributed by atoms with Crippen LogP contribution in [0.25, 0.3) is 0 Å². The highest BCUT2D eigenvalue weighted by molar-refractivity contribution is 5.86. The highest BCUT2D eigenvalue weighted by atomic mass is 16.2. The lowest BCUT2D eigenvalue weighted by Crippen LogP contribution is -2.57. The van der Waals surface area contributed by atoms with E-state index in [0.29, 0.717) is 5.92 Å². The molecule has 3 aliphatic rings. The minimum atomic E-state index is -0.596. The zero-order chi connectivity index (χ0) is 12.8. The Labute approximate surface area is 110 Å². The molecule has 3 heteroatoms. The van der Waals surface area contributed by atoms with Gasteiger partial charge < -0.3 is 10.6 Å². The molecule has 102 valence electrons. The van der Waals surface area contributed by atoms with Crippen LogP contribution < -0.4 is 5.73 Å². The Hall–Kier alpha value is -0.570. The first-order valence-corrected chi connectivity index (χ1v) is 7.67. The van der Waals surface area contributed by atoms with Crippen molar-refractivity contribution in [1.82, 2.24) is 4.90 Å². The van der Waals surface area contributed by atoms with Crippen LogP contribution in [0.1, 0.15) is 51.9 Å². The average Bonchev–Trinajstić information content (AvgIpc) is 3.22. The molecule has 18 heavy (non-hydrogen) atoms. The van der Waals surface area contributed by atoms with E-state index in [-0.39, 0.29) is 5.91 Å².